The molecule has 10 nitrogen and oxygen atoms in total. The number of hydrogen-bond donors (Lipinski definition) is 2. The van der Waals surface area contributed by atoms with Crippen LogP contribution < -0.4 is 15.4 Å². The van der Waals surface area contributed by atoms with Crippen molar-refractivity contribution in [2.24, 2.45) is 7.05 Å². The Bertz CT molecular complexity index is 1620. The van der Waals surface area contributed by atoms with Crippen molar-refractivity contribution in [3.05, 3.63) is 66.5 Å². The van der Waals surface area contributed by atoms with Crippen LogP contribution in [0.4, 0.5) is 23.0 Å². The molecule has 0 aliphatic rings. The molecule has 0 saturated carbocycles. The van der Waals surface area contributed by atoms with Gasteiger partial charge in [0.05, 0.1) is 43.1 Å². The Morgan fingerprint density at radius 2 is 1.75 bits per heavy atom. The van der Waals surface area contributed by atoms with Gasteiger partial charge in [-0.1, -0.05) is 39.8 Å². The fourth-order valence-corrected chi connectivity index (χ4v) is 5.99. The second kappa shape index (κ2) is 14.6. The van der Waals surface area contributed by atoms with Gasteiger partial charge < -0.3 is 19.9 Å². The van der Waals surface area contributed by atoms with Gasteiger partial charge >= 0.3 is 0 Å². The van der Waals surface area contributed by atoms with Crippen molar-refractivity contribution < 1.29 is 4.74 Å². The molecule has 12 heteroatoms. The highest BCUT2D eigenvalue weighted by molar-refractivity contribution is 14.2. The minimum atomic E-state index is 0.326. The first-order valence-electron chi connectivity index (χ1n) is 12.8. The number of nitrogens with one attached hydrogen (secondary N) is 2. The number of ether oxygens (including phenoxy) is 1. The molecule has 5 rings (SSSR count). The molecule has 2 N–H and O–H groups in total. The number of imidazole rings is 2. The highest BCUT2D eigenvalue weighted by Gasteiger charge is 2.17. The smallest absolute Gasteiger partial charge is 0.168 e. The number of methoxy groups -OCH3 is 1. The van der Waals surface area contributed by atoms with Crippen molar-refractivity contribution in [1.29, 1.82) is 5.26 Å². The van der Waals surface area contributed by atoms with Crippen molar-refractivity contribution in [1.82, 2.24) is 28.8 Å². The van der Waals surface area contributed by atoms with Gasteiger partial charge in [-0.15, -0.1) is 0 Å². The fourth-order valence-electron chi connectivity index (χ4n) is 3.85. The van der Waals surface area contributed by atoms with Crippen LogP contribution in [-0.2, 0) is 7.05 Å². The summed E-state index contributed by atoms with van der Waals surface area (Å²) in [6.45, 7) is 9.96. The zero-order chi connectivity index (χ0) is 29.2. The first kappa shape index (κ1) is 30.8. The number of aryl methyl sites for hydroxylation is 2. The first-order chi connectivity index (χ1) is 19.5. The van der Waals surface area contributed by atoms with E-state index in [1.807, 2.05) is 76.7 Å². The molecule has 0 bridgehead atoms. The maximum Gasteiger partial charge on any atom is 0.168 e. The summed E-state index contributed by atoms with van der Waals surface area (Å²) in [5.74, 6) is 2.66. The number of anilines is 4. The maximum atomic E-state index is 9.20. The molecule has 5 aromatic rings. The third-order valence-electron chi connectivity index (χ3n) is 5.57. The van der Waals surface area contributed by atoms with Gasteiger partial charge in [0.15, 0.2) is 5.65 Å². The monoisotopic (exact) mass is 669 g/mol. The number of pyridine rings is 2. The summed E-state index contributed by atoms with van der Waals surface area (Å²) in [5.41, 5.74) is 5.36. The van der Waals surface area contributed by atoms with Crippen LogP contribution in [0.1, 0.15) is 39.2 Å². The van der Waals surface area contributed by atoms with E-state index in [-0.39, 0.29) is 0 Å². The molecule has 0 radical (unpaired) electrons. The molecule has 208 valence electrons. The molecule has 4 aromatic heterocycles. The molecule has 0 spiro atoms. The van der Waals surface area contributed by atoms with Gasteiger partial charge in [0.25, 0.3) is 0 Å². The van der Waals surface area contributed by atoms with E-state index in [1.54, 1.807) is 31.6 Å². The van der Waals surface area contributed by atoms with E-state index in [9.17, 15) is 5.26 Å². The van der Waals surface area contributed by atoms with Crippen molar-refractivity contribution in [2.75, 3.05) is 17.7 Å². The summed E-state index contributed by atoms with van der Waals surface area (Å²) in [5, 5.41) is 15.9. The van der Waals surface area contributed by atoms with Crippen LogP contribution >= 0.6 is 28.4 Å². The number of halogens is 1. The van der Waals surface area contributed by atoms with Gasteiger partial charge in [0.2, 0.25) is 0 Å². The van der Waals surface area contributed by atoms with Gasteiger partial charge in [-0.2, -0.15) is 5.26 Å². The summed E-state index contributed by atoms with van der Waals surface area (Å²) in [4.78, 5) is 18.1. The Morgan fingerprint density at radius 1 is 0.975 bits per heavy atom. The standard InChI is InChI=1S/C24H21IN9OP.2C2H6/c1-14-28-23-18(30-17-8-7-15(9-20(17)35-3)19-12-27-13-33(19)2)10-22(32-24(23)34(14)36-25)31-21-6-4-5-16(11-26)29-21;2*1-2/h4-10,12-13,36H,1-3H3,(H2,29,30,31,32);2*1-2H3. The first-order valence-corrected chi connectivity index (χ1v) is 16.9. The summed E-state index contributed by atoms with van der Waals surface area (Å²) < 4.78 is 9.74. The molecule has 1 atom stereocenters. The third kappa shape index (κ3) is 6.69. The molecule has 1 unspecified atom stereocenters. The molecule has 0 amide bonds. The highest BCUT2D eigenvalue weighted by Crippen LogP contribution is 2.38. The Balaban J connectivity index is 0.00000106. The molecule has 0 aliphatic heterocycles. The van der Waals surface area contributed by atoms with Crippen LogP contribution in [-0.4, -0.2) is 36.0 Å². The quantitative estimate of drug-likeness (QED) is 0.134. The SMILES string of the molecule is CC.CC.COc1cc(-c2cncn2C)ccc1Nc1cc(Nc2cccc(C#N)n2)nc2c1nc(C)n2PI. The number of aromatic nitrogens is 6. The predicted octanol–water partition coefficient (Wildman–Crippen LogP) is 7.75. The minimum absolute atomic E-state index is 0.326. The summed E-state index contributed by atoms with van der Waals surface area (Å²) in [6, 6.07) is 15.1. The van der Waals surface area contributed by atoms with E-state index >= 15 is 0 Å². The Kier molecular flexibility index (Phi) is 11.2. The molecular weight excluding hydrogens is 636 g/mol. The van der Waals surface area contributed by atoms with Gasteiger partial charge in [-0.3, -0.25) is 4.34 Å². The summed E-state index contributed by atoms with van der Waals surface area (Å²) in [6.07, 6.45) is 4.02. The lowest BCUT2D eigenvalue weighted by Gasteiger charge is -2.15. The van der Waals surface area contributed by atoms with Gasteiger partial charge in [0, 0.05) is 18.7 Å². The number of fused-ring (bicyclic) bond motifs is 1. The molecule has 0 aliphatic carbocycles. The second-order valence-electron chi connectivity index (χ2n) is 7.88. The average Bonchev–Trinajstić information content (AvgIpc) is 3.57. The van der Waals surface area contributed by atoms with Crippen LogP contribution in [0.15, 0.2) is 55.0 Å². The third-order valence-corrected chi connectivity index (χ3v) is 7.72. The van der Waals surface area contributed by atoms with Gasteiger partial charge in [0.1, 0.15) is 40.5 Å². The average molecular weight is 670 g/mol. The van der Waals surface area contributed by atoms with Crippen LogP contribution in [0, 0.1) is 18.3 Å². The Morgan fingerprint density at radius 3 is 2.40 bits per heavy atom. The number of benzene rings is 1. The Labute approximate surface area is 249 Å². The van der Waals surface area contributed by atoms with Gasteiger partial charge in [-0.05, 0) is 53.2 Å². The van der Waals surface area contributed by atoms with Crippen LogP contribution in [0.3, 0.4) is 0 Å². The minimum Gasteiger partial charge on any atom is -0.495 e. The summed E-state index contributed by atoms with van der Waals surface area (Å²) >= 11 is 2.32. The van der Waals surface area contributed by atoms with Gasteiger partial charge in [-0.25, -0.2) is 19.9 Å². The van der Waals surface area contributed by atoms with Crippen molar-refractivity contribution >= 4 is 62.6 Å². The number of hydrogen-bond acceptors (Lipinski definition) is 8. The molecule has 4 heterocycles. The zero-order valence-corrected chi connectivity index (χ0v) is 26.8. The largest absolute Gasteiger partial charge is 0.495 e. The molecule has 1 aromatic carbocycles. The second-order valence-corrected chi connectivity index (χ2v) is 9.94. The lowest BCUT2D eigenvalue weighted by molar-refractivity contribution is 0.417. The number of rotatable bonds is 7. The predicted molar refractivity (Wildman–Crippen MR) is 173 cm³/mol. The van der Waals surface area contributed by atoms with Crippen LogP contribution in [0.2, 0.25) is 0 Å². The lowest BCUT2D eigenvalue weighted by atomic mass is 10.1. The normalized spacial score (nSPS) is 10.4. The Hall–Kier alpha value is -3.75. The van der Waals surface area contributed by atoms with E-state index in [4.69, 9.17) is 14.7 Å². The topological polar surface area (TPSA) is 118 Å². The zero-order valence-electron chi connectivity index (χ0n) is 23.6. The van der Waals surface area contributed by atoms with Crippen LogP contribution in [0.25, 0.3) is 22.4 Å². The lowest BCUT2D eigenvalue weighted by Crippen LogP contribution is -2.01. The van der Waals surface area contributed by atoms with E-state index in [1.165, 1.54) is 0 Å². The summed E-state index contributed by atoms with van der Waals surface area (Å²) in [7, 11) is 3.60. The highest BCUT2D eigenvalue weighted by atomic mass is 127. The molecular formula is C28H33IN9OP. The fraction of sp³-hybridized carbons (Fsp3) is 0.250. The molecule has 0 fully saturated rings. The maximum absolute atomic E-state index is 9.20. The van der Waals surface area contributed by atoms with Crippen LogP contribution in [0.5, 0.6) is 5.75 Å². The van der Waals surface area contributed by atoms with Crippen molar-refractivity contribution in [2.45, 2.75) is 34.6 Å². The van der Waals surface area contributed by atoms with E-state index in [2.05, 4.69) is 53.0 Å². The van der Waals surface area contributed by atoms with Crippen molar-refractivity contribution in [3.63, 3.8) is 0 Å². The van der Waals surface area contributed by atoms with E-state index in [0.717, 1.165) is 39.6 Å². The van der Waals surface area contributed by atoms with E-state index in [0.29, 0.717) is 29.5 Å². The van der Waals surface area contributed by atoms with Crippen molar-refractivity contribution in [3.8, 4) is 23.1 Å². The van der Waals surface area contributed by atoms with E-state index < -0.39 is 0 Å². The number of nitriles is 1. The number of nitrogens with zero attached hydrogens (tertiary/aromatic N) is 7. The molecule has 40 heavy (non-hydrogen) atoms. The molecule has 0 saturated heterocycles.